The van der Waals surface area contributed by atoms with E-state index < -0.39 is 43.4 Å². The molecule has 2 aliphatic rings. The summed E-state index contributed by atoms with van der Waals surface area (Å²) in [6.45, 7) is 0.163. The van der Waals surface area contributed by atoms with E-state index >= 15 is 0 Å². The lowest BCUT2D eigenvalue weighted by molar-refractivity contribution is -0.169. The number of nitrogens with two attached hydrogens (primary N) is 1. The van der Waals surface area contributed by atoms with Gasteiger partial charge in [0.2, 0.25) is 6.20 Å². The molecule has 3 heterocycles. The Morgan fingerprint density at radius 3 is 3.06 bits per heavy atom. The Hall–Kier alpha value is -2.78. The number of methoxy groups -OCH3 is 1. The van der Waals surface area contributed by atoms with Crippen molar-refractivity contribution < 1.29 is 44.8 Å². The summed E-state index contributed by atoms with van der Waals surface area (Å²) in [7, 11) is -1.58. The summed E-state index contributed by atoms with van der Waals surface area (Å²) in [5, 5.41) is 4.67. The van der Waals surface area contributed by atoms with Crippen LogP contribution < -0.4 is 20.1 Å². The Labute approximate surface area is 207 Å². The maximum atomic E-state index is 13.7. The second-order valence-electron chi connectivity index (χ2n) is 7.69. The van der Waals surface area contributed by atoms with Crippen LogP contribution in [0, 0.1) is 4.77 Å². The molecule has 190 valence electrons. The lowest BCUT2D eigenvalue weighted by atomic mass is 10.2. The van der Waals surface area contributed by atoms with Crippen LogP contribution in [-0.4, -0.2) is 67.2 Å². The number of rotatable bonds is 8. The van der Waals surface area contributed by atoms with E-state index in [0.29, 0.717) is 11.3 Å². The molecule has 1 fully saturated rings. The molecule has 14 heteroatoms. The van der Waals surface area contributed by atoms with Gasteiger partial charge in [0.25, 0.3) is 0 Å². The summed E-state index contributed by atoms with van der Waals surface area (Å²) in [6, 6.07) is 4.26. The molecule has 35 heavy (non-hydrogen) atoms. The Morgan fingerprint density at radius 2 is 2.34 bits per heavy atom. The van der Waals surface area contributed by atoms with Crippen LogP contribution >= 0.6 is 12.2 Å². The summed E-state index contributed by atoms with van der Waals surface area (Å²) >= 11 is 5.32. The largest absolute Gasteiger partial charge is 0.491 e. The predicted molar refractivity (Wildman–Crippen MR) is 118 cm³/mol. The number of carbonyl (C=O) groups is 1. The van der Waals surface area contributed by atoms with Crippen molar-refractivity contribution in [1.82, 2.24) is 9.55 Å². The number of carbonyl (C=O) groups excluding carboxylic acids is 1. The fraction of sp³-hybridized carbons (Fsp3) is 0.476. The number of aromatic nitrogens is 2. The highest BCUT2D eigenvalue weighted by Gasteiger charge is 2.48. The third-order valence-electron chi connectivity index (χ3n) is 5.32. The van der Waals surface area contributed by atoms with E-state index in [1.165, 1.54) is 29.0 Å². The Kier molecular flexibility index (Phi) is 6.18. The number of hydrogen-bond acceptors (Lipinski definition) is 9. The molecule has 2 aromatic rings. The number of alkyl halides is 3. The van der Waals surface area contributed by atoms with Gasteiger partial charge in [-0.25, -0.2) is 4.90 Å². The number of ether oxygens (including phenoxy) is 4. The third kappa shape index (κ3) is 4.97. The van der Waals surface area contributed by atoms with Crippen LogP contribution in [0.5, 0.6) is 17.2 Å². The minimum absolute atomic E-state index is 0.0388. The van der Waals surface area contributed by atoms with E-state index in [-0.39, 0.29) is 53.9 Å². The molecule has 2 unspecified atom stereocenters. The number of para-hydroxylation sites is 1. The average Bonchev–Trinajstić information content (AvgIpc) is 3.28. The zero-order valence-electron chi connectivity index (χ0n) is 21.1. The second-order valence-corrected chi connectivity index (χ2v) is 8.05. The summed E-state index contributed by atoms with van der Waals surface area (Å²) in [5.74, 6) is -3.06. The number of nitrogens with zero attached hydrogens (tertiary/aromatic N) is 3. The van der Waals surface area contributed by atoms with Gasteiger partial charge in [-0.3, -0.25) is 9.36 Å². The van der Waals surface area contributed by atoms with Gasteiger partial charge in [0, 0.05) is 13.5 Å². The number of anilines is 2. The number of hydrogen-bond donors (Lipinski definition) is 2. The van der Waals surface area contributed by atoms with Gasteiger partial charge in [0.1, 0.15) is 23.8 Å². The fourth-order valence-corrected chi connectivity index (χ4v) is 3.99. The maximum absolute atomic E-state index is 13.7. The van der Waals surface area contributed by atoms with Crippen LogP contribution in [0.4, 0.5) is 24.7 Å². The highest BCUT2D eigenvalue weighted by molar-refractivity contribution is 7.71. The van der Waals surface area contributed by atoms with Crippen LogP contribution in [0.2, 0.25) is 0 Å². The van der Waals surface area contributed by atoms with Crippen LogP contribution in [0.15, 0.2) is 24.4 Å². The van der Waals surface area contributed by atoms with Crippen molar-refractivity contribution in [1.29, 1.82) is 1.43 Å². The van der Waals surface area contributed by atoms with Gasteiger partial charge < -0.3 is 29.8 Å². The number of aliphatic hydroxyl groups is 1. The highest BCUT2D eigenvalue weighted by atomic mass is 32.1. The monoisotopic (exact) mass is 521 g/mol. The van der Waals surface area contributed by atoms with Crippen LogP contribution in [0.25, 0.3) is 0 Å². The molecule has 0 bridgehead atoms. The lowest BCUT2D eigenvalue weighted by Crippen LogP contribution is -2.40. The van der Waals surface area contributed by atoms with Gasteiger partial charge >= 0.3 is 12.1 Å². The Bertz CT molecular complexity index is 1240. The van der Waals surface area contributed by atoms with Gasteiger partial charge in [0.15, 0.2) is 17.3 Å². The second kappa shape index (κ2) is 10.1. The van der Waals surface area contributed by atoms with Crippen LogP contribution in [-0.2, 0) is 14.3 Å². The highest BCUT2D eigenvalue weighted by Crippen LogP contribution is 2.51. The molecule has 3 N–H and O–H groups in total. The summed E-state index contributed by atoms with van der Waals surface area (Å²) in [4.78, 5) is 17.1. The molecule has 1 saturated heterocycles. The van der Waals surface area contributed by atoms with E-state index in [2.05, 4.69) is 10.1 Å². The molecule has 0 radical (unpaired) electrons. The van der Waals surface area contributed by atoms with E-state index in [9.17, 15) is 18.0 Å². The first kappa shape index (κ1) is 21.5. The summed E-state index contributed by atoms with van der Waals surface area (Å²) < 4.78 is 85.9. The van der Waals surface area contributed by atoms with E-state index in [1.807, 2.05) is 0 Å². The Balaban J connectivity index is 1.74. The molecule has 0 saturated carbocycles. The zero-order valence-corrected chi connectivity index (χ0v) is 18.9. The molecular formula is C21H23F3N4O6S. The molecule has 1 aromatic carbocycles. The number of halogens is 3. The predicted octanol–water partition coefficient (Wildman–Crippen LogP) is 2.97. The molecule has 1 amide bonds. The molecular weight excluding hydrogens is 493 g/mol. The molecule has 2 aliphatic heterocycles. The van der Waals surface area contributed by atoms with E-state index in [4.69, 9.17) is 41.1 Å². The molecule has 10 nitrogen and oxygen atoms in total. The smallest absolute Gasteiger partial charge is 0.472 e. The van der Waals surface area contributed by atoms with Crippen molar-refractivity contribution in [3.8, 4) is 17.2 Å². The zero-order chi connectivity index (χ0) is 27.6. The number of amides is 1. The van der Waals surface area contributed by atoms with Gasteiger partial charge in [0.05, 0.1) is 28.3 Å². The normalized spacial score (nSPS) is 23.4. The van der Waals surface area contributed by atoms with Crippen LogP contribution in [0.1, 0.15) is 21.8 Å². The molecule has 0 spiro atoms. The first-order valence-electron chi connectivity index (χ1n) is 12.0. The first-order chi connectivity index (χ1) is 18.0. The van der Waals surface area contributed by atoms with Gasteiger partial charge in [-0.1, -0.05) is 6.07 Å². The van der Waals surface area contributed by atoms with Gasteiger partial charge in [-0.05, 0) is 37.3 Å². The average molecular weight is 522 g/mol. The number of aliphatic hydroxyl groups excluding tert-OH is 1. The van der Waals surface area contributed by atoms with Crippen molar-refractivity contribution >= 4 is 29.6 Å². The first-order valence-corrected chi connectivity index (χ1v) is 10.9. The van der Waals surface area contributed by atoms with E-state index in [0.717, 1.165) is 0 Å². The molecule has 0 aliphatic carbocycles. The van der Waals surface area contributed by atoms with Crippen molar-refractivity contribution in [3.05, 3.63) is 29.2 Å². The van der Waals surface area contributed by atoms with Crippen molar-refractivity contribution in [2.45, 2.75) is 37.5 Å². The number of fused-ring (bicyclic) bond motifs is 2. The Morgan fingerprint density at radius 1 is 1.51 bits per heavy atom. The summed E-state index contributed by atoms with van der Waals surface area (Å²) in [6.07, 6.45) is -6.04. The topological polar surface area (TPSA) is 121 Å². The molecule has 4 rings (SSSR count). The molecule has 4 atom stereocenters. The SMILES string of the molecule is [2H]C([3H])OC[C@H]1O[C@@H](n2cc3c(nc2=S)N(C(=O)C(F)(F)F)c2c(OCCCN)cccc2O3)CC1O[3H]. The van der Waals surface area contributed by atoms with Crippen molar-refractivity contribution in [2.75, 3.05) is 31.7 Å². The minimum Gasteiger partial charge on any atom is -0.491 e. The van der Waals surface area contributed by atoms with E-state index in [1.54, 1.807) is 0 Å². The van der Waals surface area contributed by atoms with Crippen molar-refractivity contribution in [2.24, 2.45) is 5.73 Å². The van der Waals surface area contributed by atoms with Crippen LogP contribution in [0.3, 0.4) is 0 Å². The third-order valence-corrected chi connectivity index (χ3v) is 5.62. The maximum Gasteiger partial charge on any atom is 0.472 e. The van der Waals surface area contributed by atoms with Gasteiger partial charge in [-0.15, -0.1) is 0 Å². The number of benzene rings is 1. The van der Waals surface area contributed by atoms with Crippen molar-refractivity contribution in [3.63, 3.8) is 0 Å². The minimum atomic E-state index is -5.26. The fourth-order valence-electron chi connectivity index (χ4n) is 3.73. The quantitative estimate of drug-likeness (QED) is 0.399. The molecule has 1 aromatic heterocycles. The van der Waals surface area contributed by atoms with Gasteiger partial charge in [-0.2, -0.15) is 18.2 Å². The summed E-state index contributed by atoms with van der Waals surface area (Å²) in [5.41, 5.74) is 5.19. The standard InChI is InChI=1S/C21H23F3N4O6S/c1-31-10-15-11(29)8-16(34-15)27-9-14-18(26-20(27)35)28(19(30)21(22,23)24)17-12(32-7-3-6-25)4-2-5-13(17)33-14/h2,4-5,9,11,15-16,29H,3,6-8,10,25H2,1H3/t11?,15-,16-/m1/s1/i1TD,29T/t1?,11?,15-,16-. The lowest BCUT2D eigenvalue weighted by Gasteiger charge is -2.32.